The van der Waals surface area contributed by atoms with E-state index in [0.29, 0.717) is 17.1 Å². The van der Waals surface area contributed by atoms with Crippen LogP contribution in [0.1, 0.15) is 29.2 Å². The van der Waals surface area contributed by atoms with Crippen molar-refractivity contribution in [1.29, 1.82) is 0 Å². The van der Waals surface area contributed by atoms with Crippen LogP contribution in [0.25, 0.3) is 11.5 Å². The number of carbonyl (C=O) groups is 1. The first kappa shape index (κ1) is 21.7. The lowest BCUT2D eigenvalue weighted by Gasteiger charge is -2.18. The minimum atomic E-state index is -0.207. The molecule has 11 heteroatoms. The normalized spacial score (nSPS) is 14.1. The zero-order valence-electron chi connectivity index (χ0n) is 18.0. The van der Waals surface area contributed by atoms with E-state index in [1.807, 2.05) is 37.4 Å². The van der Waals surface area contributed by atoms with Crippen molar-refractivity contribution in [2.75, 3.05) is 11.9 Å². The van der Waals surface area contributed by atoms with Crippen LogP contribution >= 0.6 is 0 Å². The minimum Gasteiger partial charge on any atom is -0.380 e. The predicted molar refractivity (Wildman–Crippen MR) is 124 cm³/mol. The SMILES string of the molecule is C=C(/N=C(N)\N=C(/N)c1noc(-c2ccc(C(=O)NC3CC3)nc2)n1)N(C)c1ccccc1. The van der Waals surface area contributed by atoms with Crippen LogP contribution in [-0.4, -0.2) is 45.9 Å². The summed E-state index contributed by atoms with van der Waals surface area (Å²) in [6, 6.07) is 13.1. The first-order valence-electron chi connectivity index (χ1n) is 10.2. The van der Waals surface area contributed by atoms with Gasteiger partial charge >= 0.3 is 0 Å². The van der Waals surface area contributed by atoms with Crippen molar-refractivity contribution < 1.29 is 9.32 Å². The number of nitrogens with two attached hydrogens (primary N) is 2. The van der Waals surface area contributed by atoms with Crippen LogP contribution in [0.15, 0.2) is 75.6 Å². The van der Waals surface area contributed by atoms with Gasteiger partial charge in [-0.05, 0) is 37.1 Å². The van der Waals surface area contributed by atoms with E-state index in [1.165, 1.54) is 6.20 Å². The van der Waals surface area contributed by atoms with E-state index >= 15 is 0 Å². The average molecular weight is 445 g/mol. The molecule has 0 unspecified atom stereocenters. The van der Waals surface area contributed by atoms with E-state index in [-0.39, 0.29) is 35.5 Å². The number of aliphatic imine (C=N–C) groups is 2. The van der Waals surface area contributed by atoms with Crippen molar-refractivity contribution in [3.63, 3.8) is 0 Å². The Bertz CT molecular complexity index is 1210. The number of nitrogens with one attached hydrogen (secondary N) is 1. The molecule has 1 aliphatic rings. The van der Waals surface area contributed by atoms with E-state index in [2.05, 4.69) is 37.0 Å². The summed E-state index contributed by atoms with van der Waals surface area (Å²) < 4.78 is 5.24. The molecule has 11 nitrogen and oxygen atoms in total. The fourth-order valence-corrected chi connectivity index (χ4v) is 2.79. The maximum atomic E-state index is 12.0. The van der Waals surface area contributed by atoms with Crippen molar-refractivity contribution >= 4 is 23.4 Å². The molecule has 2 heterocycles. The second kappa shape index (κ2) is 9.30. The zero-order valence-corrected chi connectivity index (χ0v) is 18.0. The fraction of sp³-hybridized carbons (Fsp3) is 0.182. The number of rotatable bonds is 7. The number of anilines is 1. The Morgan fingerprint density at radius 3 is 2.61 bits per heavy atom. The maximum Gasteiger partial charge on any atom is 0.270 e. The second-order valence-electron chi connectivity index (χ2n) is 7.38. The highest BCUT2D eigenvalue weighted by atomic mass is 16.5. The number of para-hydroxylation sites is 1. The van der Waals surface area contributed by atoms with Crippen molar-refractivity contribution in [3.8, 4) is 11.5 Å². The Hall–Kier alpha value is -4.54. The number of amidine groups is 1. The molecule has 0 bridgehead atoms. The van der Waals surface area contributed by atoms with Crippen molar-refractivity contribution in [3.05, 3.63) is 72.6 Å². The summed E-state index contributed by atoms with van der Waals surface area (Å²) in [6.45, 7) is 3.90. The summed E-state index contributed by atoms with van der Waals surface area (Å²) >= 11 is 0. The minimum absolute atomic E-state index is 0.0423. The standard InChI is InChI=1S/C22H23N9O2/c1-13(31(2)16-6-4-3-5-7-16)26-22(24)28-18(23)19-29-21(33-30-19)14-8-11-17(25-12-14)20(32)27-15-9-10-15/h3-8,11-12,15H,1,9-10H2,2H3,(H,27,32)(H4,23,24,26,28). The first-order chi connectivity index (χ1) is 15.9. The van der Waals surface area contributed by atoms with Crippen LogP contribution in [0.5, 0.6) is 0 Å². The van der Waals surface area contributed by atoms with Gasteiger partial charge in [0.05, 0.1) is 5.56 Å². The maximum absolute atomic E-state index is 12.0. The monoisotopic (exact) mass is 445 g/mol. The Labute approximate surface area is 189 Å². The number of carbonyl (C=O) groups excluding carboxylic acids is 1. The third-order valence-corrected chi connectivity index (χ3v) is 4.82. The molecule has 2 aromatic heterocycles. The van der Waals surface area contributed by atoms with Gasteiger partial charge in [-0.2, -0.15) is 15.0 Å². The lowest BCUT2D eigenvalue weighted by Crippen LogP contribution is -2.26. The Balaban J connectivity index is 1.43. The summed E-state index contributed by atoms with van der Waals surface area (Å²) in [6.07, 6.45) is 3.49. The Morgan fingerprint density at radius 2 is 1.94 bits per heavy atom. The lowest BCUT2D eigenvalue weighted by atomic mass is 10.2. The summed E-state index contributed by atoms with van der Waals surface area (Å²) in [7, 11) is 1.81. The van der Waals surface area contributed by atoms with Gasteiger partial charge in [-0.1, -0.05) is 29.9 Å². The van der Waals surface area contributed by atoms with Crippen molar-refractivity contribution in [1.82, 2.24) is 20.4 Å². The molecule has 0 saturated heterocycles. The third-order valence-electron chi connectivity index (χ3n) is 4.82. The van der Waals surface area contributed by atoms with Crippen LogP contribution in [-0.2, 0) is 0 Å². The van der Waals surface area contributed by atoms with Gasteiger partial charge in [0, 0.05) is 25.0 Å². The molecule has 1 amide bonds. The number of guanidine groups is 1. The number of hydrogen-bond acceptors (Lipinski definition) is 7. The number of aromatic nitrogens is 3. The second-order valence-corrected chi connectivity index (χ2v) is 7.38. The van der Waals surface area contributed by atoms with E-state index in [9.17, 15) is 4.79 Å². The number of nitrogens with zero attached hydrogens (tertiary/aromatic N) is 6. The topological polar surface area (TPSA) is 161 Å². The van der Waals surface area contributed by atoms with Gasteiger partial charge in [0.15, 0.2) is 5.84 Å². The molecule has 0 spiro atoms. The van der Waals surface area contributed by atoms with Crippen LogP contribution in [0.4, 0.5) is 5.69 Å². The van der Waals surface area contributed by atoms with Gasteiger partial charge < -0.3 is 26.2 Å². The quantitative estimate of drug-likeness (QED) is 0.365. The van der Waals surface area contributed by atoms with Gasteiger partial charge in [0.2, 0.25) is 11.8 Å². The predicted octanol–water partition coefficient (Wildman–Crippen LogP) is 1.65. The number of hydrogen-bond donors (Lipinski definition) is 3. The highest BCUT2D eigenvalue weighted by Gasteiger charge is 2.24. The van der Waals surface area contributed by atoms with Gasteiger partial charge in [0.25, 0.3) is 11.8 Å². The summed E-state index contributed by atoms with van der Waals surface area (Å²) in [5, 5.41) is 6.70. The molecular weight excluding hydrogens is 422 g/mol. The molecule has 1 aliphatic carbocycles. The summed E-state index contributed by atoms with van der Waals surface area (Å²) in [5.74, 6) is 0.199. The molecule has 4 rings (SSSR count). The highest BCUT2D eigenvalue weighted by Crippen LogP contribution is 2.20. The van der Waals surface area contributed by atoms with Gasteiger partial charge in [-0.15, -0.1) is 0 Å². The molecule has 3 aromatic rings. The average Bonchev–Trinajstić information content (AvgIpc) is 3.50. The summed E-state index contributed by atoms with van der Waals surface area (Å²) in [5.41, 5.74) is 13.6. The van der Waals surface area contributed by atoms with Crippen LogP contribution in [0.2, 0.25) is 0 Å². The third kappa shape index (κ3) is 5.39. The molecule has 0 aliphatic heterocycles. The lowest BCUT2D eigenvalue weighted by molar-refractivity contribution is 0.0946. The van der Waals surface area contributed by atoms with Gasteiger partial charge in [-0.25, -0.2) is 0 Å². The Morgan fingerprint density at radius 1 is 1.18 bits per heavy atom. The van der Waals surface area contributed by atoms with Gasteiger partial charge in [-0.3, -0.25) is 9.78 Å². The first-order valence-corrected chi connectivity index (χ1v) is 10.2. The number of amides is 1. The molecule has 33 heavy (non-hydrogen) atoms. The highest BCUT2D eigenvalue weighted by molar-refractivity contribution is 6.02. The fourth-order valence-electron chi connectivity index (χ4n) is 2.79. The number of benzene rings is 1. The summed E-state index contributed by atoms with van der Waals surface area (Å²) in [4.78, 5) is 30.4. The zero-order chi connectivity index (χ0) is 23.4. The van der Waals surface area contributed by atoms with E-state index < -0.39 is 0 Å². The molecule has 168 valence electrons. The molecule has 0 atom stereocenters. The van der Waals surface area contributed by atoms with E-state index in [1.54, 1.807) is 17.0 Å². The molecule has 1 aromatic carbocycles. The van der Waals surface area contributed by atoms with Crippen LogP contribution in [0, 0.1) is 0 Å². The molecular formula is C22H23N9O2. The van der Waals surface area contributed by atoms with Crippen molar-refractivity contribution in [2.24, 2.45) is 21.5 Å². The molecule has 1 fully saturated rings. The van der Waals surface area contributed by atoms with Crippen LogP contribution < -0.4 is 21.7 Å². The van der Waals surface area contributed by atoms with Crippen molar-refractivity contribution in [2.45, 2.75) is 18.9 Å². The van der Waals surface area contributed by atoms with E-state index in [0.717, 1.165) is 18.5 Å². The van der Waals surface area contributed by atoms with Gasteiger partial charge in [0.1, 0.15) is 11.5 Å². The largest absolute Gasteiger partial charge is 0.380 e. The van der Waals surface area contributed by atoms with Crippen LogP contribution in [0.3, 0.4) is 0 Å². The smallest absolute Gasteiger partial charge is 0.270 e. The molecule has 1 saturated carbocycles. The van der Waals surface area contributed by atoms with E-state index in [4.69, 9.17) is 16.0 Å². The molecule has 0 radical (unpaired) electrons. The molecule has 5 N–H and O–H groups in total. The number of pyridine rings is 1. The Kier molecular flexibility index (Phi) is 6.11.